The summed E-state index contributed by atoms with van der Waals surface area (Å²) >= 11 is 0. The van der Waals surface area contributed by atoms with Crippen LogP contribution in [0.1, 0.15) is 52.2 Å². The number of ether oxygens (including phenoxy) is 5. The van der Waals surface area contributed by atoms with Gasteiger partial charge < -0.3 is 34.3 Å². The molecule has 0 spiro atoms. The molecule has 2 aromatic rings. The maximum Gasteiger partial charge on any atom is 0.513 e. The van der Waals surface area contributed by atoms with Gasteiger partial charge in [0.25, 0.3) is 0 Å². The Bertz CT molecular complexity index is 1130. The van der Waals surface area contributed by atoms with Gasteiger partial charge in [0.05, 0.1) is 20.8 Å². The highest BCUT2D eigenvalue weighted by atomic mass is 16.7. The van der Waals surface area contributed by atoms with E-state index in [9.17, 15) is 14.4 Å². The summed E-state index contributed by atoms with van der Waals surface area (Å²) < 4.78 is 26.1. The maximum absolute atomic E-state index is 12.6. The van der Waals surface area contributed by atoms with Crippen molar-refractivity contribution < 1.29 is 38.1 Å². The average Bonchev–Trinajstić information content (AvgIpc) is 2.91. The van der Waals surface area contributed by atoms with Gasteiger partial charge in [0.15, 0.2) is 0 Å². The monoisotopic (exact) mass is 556 g/mol. The predicted molar refractivity (Wildman–Crippen MR) is 153 cm³/mol. The number of nitrogens with one attached hydrogen (secondary N) is 2. The number of benzene rings is 2. The van der Waals surface area contributed by atoms with Gasteiger partial charge in [-0.2, -0.15) is 0 Å². The van der Waals surface area contributed by atoms with Crippen molar-refractivity contribution in [2.24, 2.45) is 5.92 Å². The Hall–Kier alpha value is -4.21. The molecule has 0 fully saturated rings. The zero-order valence-corrected chi connectivity index (χ0v) is 24.2. The SMILES string of the molecule is CCC(C)C(NC(=O)OC(C)(C)C)C(=O)NCCOC(=O)Oc1ccc(C=Cc2cc(OC)cc(OC)c2)cc1. The van der Waals surface area contributed by atoms with Gasteiger partial charge in [0.1, 0.15) is 35.5 Å². The first-order valence-corrected chi connectivity index (χ1v) is 13.1. The molecule has 0 aromatic heterocycles. The number of carbonyl (C=O) groups excluding carboxylic acids is 3. The number of alkyl carbamates (subject to hydrolysis) is 1. The fourth-order valence-corrected chi connectivity index (χ4v) is 3.45. The van der Waals surface area contributed by atoms with E-state index in [1.165, 1.54) is 0 Å². The Kier molecular flexibility index (Phi) is 12.3. The van der Waals surface area contributed by atoms with E-state index in [-0.39, 0.29) is 19.1 Å². The van der Waals surface area contributed by atoms with E-state index in [0.717, 1.165) is 11.1 Å². The molecule has 0 saturated carbocycles. The lowest BCUT2D eigenvalue weighted by Gasteiger charge is -2.26. The first kappa shape index (κ1) is 32.0. The summed E-state index contributed by atoms with van der Waals surface area (Å²) in [5.74, 6) is 1.16. The van der Waals surface area contributed by atoms with Crippen LogP contribution in [0.5, 0.6) is 17.2 Å². The molecule has 2 rings (SSSR count). The van der Waals surface area contributed by atoms with Crippen LogP contribution in [0.25, 0.3) is 12.2 Å². The second-order valence-electron chi connectivity index (χ2n) is 10.0. The molecule has 2 N–H and O–H groups in total. The van der Waals surface area contributed by atoms with Crippen LogP contribution >= 0.6 is 0 Å². The third kappa shape index (κ3) is 11.3. The van der Waals surface area contributed by atoms with Crippen LogP contribution < -0.4 is 24.8 Å². The highest BCUT2D eigenvalue weighted by Gasteiger charge is 2.28. The summed E-state index contributed by atoms with van der Waals surface area (Å²) in [6, 6.07) is 11.7. The molecule has 0 bridgehead atoms. The van der Waals surface area contributed by atoms with Crippen LogP contribution in [0.2, 0.25) is 0 Å². The van der Waals surface area contributed by atoms with Crippen molar-refractivity contribution in [1.29, 1.82) is 0 Å². The smallest absolute Gasteiger partial charge is 0.497 e. The third-order valence-electron chi connectivity index (χ3n) is 5.71. The fraction of sp³-hybridized carbons (Fsp3) is 0.433. The molecule has 0 radical (unpaired) electrons. The standard InChI is InChI=1S/C30H40N2O8/c1-8-20(2)26(32-28(34)40-30(3,4)5)27(33)31-15-16-38-29(35)39-23-13-11-21(12-14-23)9-10-22-17-24(36-6)19-25(18-22)37-7/h9-14,17-20,26H,8,15-16H2,1-7H3,(H,31,33)(H,32,34). The molecular weight excluding hydrogens is 516 g/mol. The van der Waals surface area contributed by atoms with E-state index in [4.69, 9.17) is 23.7 Å². The first-order valence-electron chi connectivity index (χ1n) is 13.1. The summed E-state index contributed by atoms with van der Waals surface area (Å²) in [5, 5.41) is 5.29. The molecule has 218 valence electrons. The van der Waals surface area contributed by atoms with Gasteiger partial charge in [-0.05, 0) is 62.1 Å². The van der Waals surface area contributed by atoms with E-state index in [1.54, 1.807) is 65.3 Å². The van der Waals surface area contributed by atoms with Crippen LogP contribution in [-0.4, -0.2) is 57.2 Å². The molecule has 40 heavy (non-hydrogen) atoms. The van der Waals surface area contributed by atoms with Gasteiger partial charge in [0.2, 0.25) is 5.91 Å². The van der Waals surface area contributed by atoms with Crippen LogP contribution in [0.4, 0.5) is 9.59 Å². The predicted octanol–water partition coefficient (Wildman–Crippen LogP) is 5.45. The molecule has 2 aromatic carbocycles. The minimum atomic E-state index is -0.897. The summed E-state index contributed by atoms with van der Waals surface area (Å²) in [6.45, 7) is 8.95. The Morgan fingerprint density at radius 1 is 0.900 bits per heavy atom. The Morgan fingerprint density at radius 2 is 1.50 bits per heavy atom. The number of rotatable bonds is 12. The van der Waals surface area contributed by atoms with Gasteiger partial charge in [-0.3, -0.25) is 4.79 Å². The molecule has 2 atom stereocenters. The van der Waals surface area contributed by atoms with Crippen molar-refractivity contribution in [3.8, 4) is 17.2 Å². The molecule has 0 aliphatic rings. The third-order valence-corrected chi connectivity index (χ3v) is 5.71. The number of hydrogen-bond acceptors (Lipinski definition) is 8. The zero-order chi connectivity index (χ0) is 29.7. The van der Waals surface area contributed by atoms with Crippen LogP contribution in [0, 0.1) is 5.92 Å². The van der Waals surface area contributed by atoms with Crippen LogP contribution in [-0.2, 0) is 14.3 Å². The molecule has 10 nitrogen and oxygen atoms in total. The molecule has 0 aliphatic carbocycles. The van der Waals surface area contributed by atoms with Crippen molar-refractivity contribution in [3.63, 3.8) is 0 Å². The van der Waals surface area contributed by atoms with Gasteiger partial charge in [-0.15, -0.1) is 0 Å². The van der Waals surface area contributed by atoms with Gasteiger partial charge >= 0.3 is 12.2 Å². The Labute approximate surface area is 236 Å². The quantitative estimate of drug-likeness (QED) is 0.153. The summed E-state index contributed by atoms with van der Waals surface area (Å²) in [7, 11) is 3.19. The van der Waals surface area contributed by atoms with Crippen molar-refractivity contribution >= 4 is 30.3 Å². The van der Waals surface area contributed by atoms with E-state index < -0.39 is 29.8 Å². The second-order valence-corrected chi connectivity index (χ2v) is 10.0. The van der Waals surface area contributed by atoms with Crippen molar-refractivity contribution in [1.82, 2.24) is 10.6 Å². The lowest BCUT2D eigenvalue weighted by atomic mass is 9.98. The number of hydrogen-bond donors (Lipinski definition) is 2. The van der Waals surface area contributed by atoms with Gasteiger partial charge in [-0.1, -0.05) is 44.6 Å². The van der Waals surface area contributed by atoms with E-state index in [1.807, 2.05) is 38.1 Å². The highest BCUT2D eigenvalue weighted by Crippen LogP contribution is 2.24. The topological polar surface area (TPSA) is 121 Å². The molecule has 0 heterocycles. The highest BCUT2D eigenvalue weighted by molar-refractivity contribution is 5.86. The lowest BCUT2D eigenvalue weighted by molar-refractivity contribution is -0.124. The molecule has 10 heteroatoms. The normalized spacial score (nSPS) is 12.7. The molecular formula is C30H40N2O8. The fourth-order valence-electron chi connectivity index (χ4n) is 3.45. The second kappa shape index (κ2) is 15.4. The van der Waals surface area contributed by atoms with Gasteiger partial charge in [-0.25, -0.2) is 9.59 Å². The number of methoxy groups -OCH3 is 2. The average molecular weight is 557 g/mol. The van der Waals surface area contributed by atoms with E-state index >= 15 is 0 Å². The van der Waals surface area contributed by atoms with Crippen molar-refractivity contribution in [3.05, 3.63) is 53.6 Å². The molecule has 2 unspecified atom stereocenters. The maximum atomic E-state index is 12.6. The Morgan fingerprint density at radius 3 is 2.05 bits per heavy atom. The summed E-state index contributed by atoms with van der Waals surface area (Å²) in [4.78, 5) is 36.9. The Balaban J connectivity index is 1.81. The van der Waals surface area contributed by atoms with Crippen molar-refractivity contribution in [2.45, 2.75) is 52.7 Å². The number of amides is 2. The summed E-state index contributed by atoms with van der Waals surface area (Å²) in [5.41, 5.74) is 1.11. The van der Waals surface area contributed by atoms with Crippen molar-refractivity contribution in [2.75, 3.05) is 27.4 Å². The van der Waals surface area contributed by atoms with E-state index in [2.05, 4.69) is 10.6 Å². The zero-order valence-electron chi connectivity index (χ0n) is 24.2. The van der Waals surface area contributed by atoms with Gasteiger partial charge in [0, 0.05) is 6.07 Å². The molecule has 2 amide bonds. The first-order chi connectivity index (χ1) is 18.9. The number of carbonyl (C=O) groups is 3. The van der Waals surface area contributed by atoms with Crippen LogP contribution in [0.15, 0.2) is 42.5 Å². The summed E-state index contributed by atoms with van der Waals surface area (Å²) in [6.07, 6.45) is 2.92. The lowest BCUT2D eigenvalue weighted by Crippen LogP contribution is -2.51. The van der Waals surface area contributed by atoms with E-state index in [0.29, 0.717) is 23.7 Å². The minimum absolute atomic E-state index is 0.0512. The van der Waals surface area contributed by atoms with Crippen LogP contribution in [0.3, 0.4) is 0 Å². The largest absolute Gasteiger partial charge is 0.513 e. The molecule has 0 saturated heterocycles. The minimum Gasteiger partial charge on any atom is -0.497 e. The molecule has 0 aliphatic heterocycles.